The van der Waals surface area contributed by atoms with Crippen molar-refractivity contribution in [2.24, 2.45) is 4.99 Å². The molecular formula is C23H32N6O2. The van der Waals surface area contributed by atoms with Crippen molar-refractivity contribution in [1.82, 2.24) is 20.1 Å². The van der Waals surface area contributed by atoms with Gasteiger partial charge in [-0.3, -0.25) is 4.99 Å². The lowest BCUT2D eigenvalue weighted by molar-refractivity contribution is 0.0137. The molecule has 2 aliphatic heterocycles. The highest BCUT2D eigenvalue weighted by Gasteiger charge is 2.36. The topological polar surface area (TPSA) is 73.3 Å². The first kappa shape index (κ1) is 21.2. The number of anilines is 1. The zero-order valence-electron chi connectivity index (χ0n) is 19.1. The van der Waals surface area contributed by atoms with Gasteiger partial charge in [0.15, 0.2) is 5.96 Å². The van der Waals surface area contributed by atoms with E-state index in [9.17, 15) is 4.79 Å². The van der Waals surface area contributed by atoms with Crippen molar-refractivity contribution < 1.29 is 9.53 Å². The van der Waals surface area contributed by atoms with Gasteiger partial charge in [-0.1, -0.05) is 18.2 Å². The van der Waals surface area contributed by atoms with Gasteiger partial charge >= 0.3 is 6.09 Å². The molecule has 8 nitrogen and oxygen atoms in total. The maximum Gasteiger partial charge on any atom is 0.410 e. The zero-order chi connectivity index (χ0) is 22.2. The monoisotopic (exact) mass is 424 g/mol. The molecule has 0 bridgehead atoms. The quantitative estimate of drug-likeness (QED) is 0.817. The zero-order valence-corrected chi connectivity index (χ0v) is 19.1. The number of pyridine rings is 1. The van der Waals surface area contributed by atoms with Crippen LogP contribution in [0.5, 0.6) is 0 Å². The van der Waals surface area contributed by atoms with Gasteiger partial charge in [0.25, 0.3) is 0 Å². The Morgan fingerprint density at radius 1 is 1.26 bits per heavy atom. The second-order valence-corrected chi connectivity index (χ2v) is 9.34. The highest BCUT2D eigenvalue weighted by molar-refractivity contribution is 5.86. The molecule has 2 aromatic rings. The number of aliphatic imine (C=N–C) groups is 1. The van der Waals surface area contributed by atoms with Crippen molar-refractivity contribution >= 4 is 28.8 Å². The van der Waals surface area contributed by atoms with E-state index in [0.29, 0.717) is 26.2 Å². The van der Waals surface area contributed by atoms with Crippen molar-refractivity contribution in [3.05, 3.63) is 35.9 Å². The number of carbonyl (C=O) groups is 1. The Morgan fingerprint density at radius 2 is 2.03 bits per heavy atom. The van der Waals surface area contributed by atoms with Crippen LogP contribution >= 0.6 is 0 Å². The Morgan fingerprint density at radius 3 is 2.77 bits per heavy atom. The Labute approximate surface area is 183 Å². The van der Waals surface area contributed by atoms with E-state index in [-0.39, 0.29) is 12.1 Å². The van der Waals surface area contributed by atoms with Gasteiger partial charge in [-0.2, -0.15) is 0 Å². The average Bonchev–Trinajstić information content (AvgIpc) is 3.12. The lowest BCUT2D eigenvalue weighted by Gasteiger charge is -2.39. The van der Waals surface area contributed by atoms with Gasteiger partial charge in [0.1, 0.15) is 11.4 Å². The van der Waals surface area contributed by atoms with Gasteiger partial charge < -0.3 is 24.8 Å². The highest BCUT2D eigenvalue weighted by atomic mass is 16.6. The van der Waals surface area contributed by atoms with E-state index in [1.54, 1.807) is 4.90 Å². The second-order valence-electron chi connectivity index (χ2n) is 9.34. The second kappa shape index (κ2) is 8.24. The van der Waals surface area contributed by atoms with Crippen molar-refractivity contribution in [2.45, 2.75) is 39.0 Å². The number of guanidine groups is 1. The Kier molecular flexibility index (Phi) is 5.64. The van der Waals surface area contributed by atoms with Gasteiger partial charge in [-0.15, -0.1) is 0 Å². The van der Waals surface area contributed by atoms with E-state index in [1.165, 1.54) is 5.56 Å². The number of rotatable bonds is 3. The normalized spacial score (nSPS) is 18.6. The average molecular weight is 425 g/mol. The fourth-order valence-corrected chi connectivity index (χ4v) is 4.00. The number of nitrogens with zero attached hydrogens (tertiary/aromatic N) is 5. The molecule has 1 atom stereocenters. The summed E-state index contributed by atoms with van der Waals surface area (Å²) in [5.41, 5.74) is 1.70. The molecular weight excluding hydrogens is 392 g/mol. The molecule has 2 aliphatic rings. The summed E-state index contributed by atoms with van der Waals surface area (Å²) in [7, 11) is 4.01. The molecule has 31 heavy (non-hydrogen) atoms. The smallest absolute Gasteiger partial charge is 0.410 e. The number of hydrogen-bond acceptors (Lipinski definition) is 7. The van der Waals surface area contributed by atoms with Crippen LogP contribution in [0.2, 0.25) is 0 Å². The van der Waals surface area contributed by atoms with E-state index < -0.39 is 5.60 Å². The van der Waals surface area contributed by atoms with Crippen LogP contribution in [-0.2, 0) is 11.3 Å². The van der Waals surface area contributed by atoms with Crippen molar-refractivity contribution in [1.29, 1.82) is 0 Å². The number of benzene rings is 1. The number of fused-ring (bicyclic) bond motifs is 2. The number of carbonyl (C=O) groups excluding carboxylic acids is 1. The third-order valence-electron chi connectivity index (χ3n) is 5.54. The van der Waals surface area contributed by atoms with Gasteiger partial charge in [-0.05, 0) is 38.5 Å². The minimum Gasteiger partial charge on any atom is -0.444 e. The summed E-state index contributed by atoms with van der Waals surface area (Å²) in [5, 5.41) is 4.68. The minimum atomic E-state index is -0.480. The SMILES string of the molecule is CN(C)c1cc(CNC2=NCC3CN(C(=O)OC(C)(C)C)CCN23)c2ccccc2n1. The Hall–Kier alpha value is -3.03. The number of ether oxygens (including phenoxy) is 1. The van der Waals surface area contributed by atoms with Gasteiger partial charge in [-0.25, -0.2) is 9.78 Å². The molecule has 0 saturated carbocycles. The molecule has 1 saturated heterocycles. The molecule has 1 aromatic carbocycles. The first-order chi connectivity index (χ1) is 14.7. The predicted octanol–water partition coefficient (Wildman–Crippen LogP) is 2.68. The Bertz CT molecular complexity index is 997. The van der Waals surface area contributed by atoms with E-state index in [4.69, 9.17) is 14.7 Å². The number of aromatic nitrogens is 1. The lowest BCUT2D eigenvalue weighted by atomic mass is 10.1. The van der Waals surface area contributed by atoms with Gasteiger partial charge in [0, 0.05) is 45.7 Å². The maximum atomic E-state index is 12.4. The van der Waals surface area contributed by atoms with Crippen LogP contribution in [-0.4, -0.2) is 78.8 Å². The number of nitrogens with one attached hydrogen (secondary N) is 1. The minimum absolute atomic E-state index is 0.190. The highest BCUT2D eigenvalue weighted by Crippen LogP contribution is 2.23. The van der Waals surface area contributed by atoms with Crippen LogP contribution < -0.4 is 10.2 Å². The number of amides is 1. The molecule has 166 valence electrons. The number of para-hydroxylation sites is 1. The van der Waals surface area contributed by atoms with E-state index >= 15 is 0 Å². The summed E-state index contributed by atoms with van der Waals surface area (Å²) < 4.78 is 5.53. The predicted molar refractivity (Wildman–Crippen MR) is 124 cm³/mol. The summed E-state index contributed by atoms with van der Waals surface area (Å²) in [6, 6.07) is 10.5. The fourth-order valence-electron chi connectivity index (χ4n) is 4.00. The summed E-state index contributed by atoms with van der Waals surface area (Å²) >= 11 is 0. The Balaban J connectivity index is 1.42. The van der Waals surface area contributed by atoms with Crippen LogP contribution in [0.4, 0.5) is 10.6 Å². The third kappa shape index (κ3) is 4.68. The molecule has 1 fully saturated rings. The molecule has 0 spiro atoms. The van der Waals surface area contributed by atoms with E-state index in [2.05, 4.69) is 22.3 Å². The molecule has 0 aliphatic carbocycles. The number of hydrogen-bond donors (Lipinski definition) is 1. The molecule has 4 rings (SSSR count). The number of piperazine rings is 1. The van der Waals surface area contributed by atoms with Crippen LogP contribution in [0.25, 0.3) is 10.9 Å². The van der Waals surface area contributed by atoms with Crippen molar-refractivity contribution in [2.75, 3.05) is 45.2 Å². The molecule has 8 heteroatoms. The van der Waals surface area contributed by atoms with E-state index in [1.807, 2.05) is 58.0 Å². The molecule has 0 radical (unpaired) electrons. The molecule has 1 N–H and O–H groups in total. The molecule has 3 heterocycles. The molecule has 1 unspecified atom stereocenters. The van der Waals surface area contributed by atoms with Crippen LogP contribution in [0, 0.1) is 0 Å². The lowest BCUT2D eigenvalue weighted by Crippen LogP contribution is -2.57. The maximum absolute atomic E-state index is 12.4. The first-order valence-corrected chi connectivity index (χ1v) is 10.8. The van der Waals surface area contributed by atoms with E-state index in [0.717, 1.165) is 29.2 Å². The largest absolute Gasteiger partial charge is 0.444 e. The van der Waals surface area contributed by atoms with Crippen molar-refractivity contribution in [3.63, 3.8) is 0 Å². The first-order valence-electron chi connectivity index (χ1n) is 10.8. The third-order valence-corrected chi connectivity index (χ3v) is 5.54. The molecule has 1 amide bonds. The van der Waals surface area contributed by atoms with Crippen molar-refractivity contribution in [3.8, 4) is 0 Å². The fraction of sp³-hybridized carbons (Fsp3) is 0.522. The summed E-state index contributed by atoms with van der Waals surface area (Å²) in [6.07, 6.45) is -0.243. The van der Waals surface area contributed by atoms with Crippen LogP contribution in [0.3, 0.4) is 0 Å². The summed E-state index contributed by atoms with van der Waals surface area (Å²) in [6.45, 7) is 9.05. The summed E-state index contributed by atoms with van der Waals surface area (Å²) in [5.74, 6) is 1.84. The van der Waals surface area contributed by atoms with Crippen LogP contribution in [0.1, 0.15) is 26.3 Å². The molecule has 1 aromatic heterocycles. The van der Waals surface area contributed by atoms with Gasteiger partial charge in [0.05, 0.1) is 18.1 Å². The van der Waals surface area contributed by atoms with Gasteiger partial charge in [0.2, 0.25) is 0 Å². The standard InChI is InChI=1S/C23H32N6O2/c1-23(2,3)31-22(30)28-10-11-29-17(15-28)14-25-21(29)24-13-16-12-20(27(4)5)26-19-9-7-6-8-18(16)19/h6-9,12,17H,10-11,13-15H2,1-5H3,(H,24,25). The summed E-state index contributed by atoms with van der Waals surface area (Å²) in [4.78, 5) is 28.0. The van der Waals surface area contributed by atoms with Crippen LogP contribution in [0.15, 0.2) is 35.3 Å².